The summed E-state index contributed by atoms with van der Waals surface area (Å²) in [5.41, 5.74) is 1.37. The Morgan fingerprint density at radius 1 is 1.20 bits per heavy atom. The second-order valence-electron chi connectivity index (χ2n) is 4.54. The lowest BCUT2D eigenvalue weighted by atomic mass is 10.1. The number of rotatable bonds is 4. The van der Waals surface area contributed by atoms with Gasteiger partial charge in [-0.15, -0.1) is 0 Å². The largest absolute Gasteiger partial charge is 0.478 e. The zero-order valence-corrected chi connectivity index (χ0v) is 12.6. The van der Waals surface area contributed by atoms with Gasteiger partial charge in [0.2, 0.25) is 0 Å². The van der Waals surface area contributed by atoms with E-state index in [2.05, 4.69) is 5.32 Å². The van der Waals surface area contributed by atoms with Crippen molar-refractivity contribution in [2.45, 2.75) is 13.8 Å². The van der Waals surface area contributed by atoms with E-state index in [1.165, 1.54) is 13.8 Å². The Bertz CT molecular complexity index is 580. The van der Waals surface area contributed by atoms with Crippen molar-refractivity contribution in [3.63, 3.8) is 0 Å². The summed E-state index contributed by atoms with van der Waals surface area (Å²) in [6, 6.07) is 5.15. The third kappa shape index (κ3) is 3.51. The number of carbonyl (C=O) groups excluding carboxylic acids is 1. The summed E-state index contributed by atoms with van der Waals surface area (Å²) in [7, 11) is 3.62. The molecule has 2 N–H and O–H groups in total. The molecule has 0 radical (unpaired) electrons. The molecule has 1 aromatic carbocycles. The first-order valence-corrected chi connectivity index (χ1v) is 6.31. The van der Waals surface area contributed by atoms with Crippen molar-refractivity contribution in [3.05, 3.63) is 34.4 Å². The minimum Gasteiger partial charge on any atom is -0.478 e. The molecule has 0 bridgehead atoms. The molecule has 1 rings (SSSR count). The Hall–Kier alpha value is -2.01. The van der Waals surface area contributed by atoms with Gasteiger partial charge in [0.15, 0.2) is 0 Å². The molecule has 0 saturated heterocycles. The second kappa shape index (κ2) is 6.43. The van der Waals surface area contributed by atoms with Crippen LogP contribution in [0.5, 0.6) is 0 Å². The molecule has 0 spiro atoms. The van der Waals surface area contributed by atoms with Crippen molar-refractivity contribution in [2.24, 2.45) is 0 Å². The number of para-hydroxylation sites is 1. The monoisotopic (exact) mass is 296 g/mol. The van der Waals surface area contributed by atoms with Crippen LogP contribution in [0.25, 0.3) is 0 Å². The Morgan fingerprint density at radius 2 is 1.80 bits per heavy atom. The molecule has 0 fully saturated rings. The van der Waals surface area contributed by atoms with E-state index in [9.17, 15) is 9.59 Å². The second-order valence-corrected chi connectivity index (χ2v) is 4.95. The SMILES string of the molecule is CC(C(=O)O)=C(C)C(=O)Nc1cccc(Cl)c1N(C)C. The molecule has 1 aromatic rings. The molecule has 0 aliphatic heterocycles. The lowest BCUT2D eigenvalue weighted by Crippen LogP contribution is -2.19. The third-order valence-electron chi connectivity index (χ3n) is 2.91. The van der Waals surface area contributed by atoms with E-state index >= 15 is 0 Å². The predicted octanol–water partition coefficient (Wildman–Crippen LogP) is 2.77. The molecular weight excluding hydrogens is 280 g/mol. The Balaban J connectivity index is 3.12. The summed E-state index contributed by atoms with van der Waals surface area (Å²) in [4.78, 5) is 24.7. The van der Waals surface area contributed by atoms with Gasteiger partial charge in [-0.3, -0.25) is 4.79 Å². The van der Waals surface area contributed by atoms with Crippen molar-refractivity contribution < 1.29 is 14.7 Å². The number of amides is 1. The quantitative estimate of drug-likeness (QED) is 0.838. The Kier molecular flexibility index (Phi) is 5.16. The highest BCUT2D eigenvalue weighted by atomic mass is 35.5. The van der Waals surface area contributed by atoms with Crippen molar-refractivity contribution in [3.8, 4) is 0 Å². The van der Waals surface area contributed by atoms with E-state index in [0.29, 0.717) is 16.4 Å². The van der Waals surface area contributed by atoms with Gasteiger partial charge in [0.25, 0.3) is 5.91 Å². The van der Waals surface area contributed by atoms with Gasteiger partial charge in [0.05, 0.1) is 16.4 Å². The van der Waals surface area contributed by atoms with Gasteiger partial charge in [-0.25, -0.2) is 4.79 Å². The molecule has 0 atom stereocenters. The molecule has 0 aromatic heterocycles. The topological polar surface area (TPSA) is 69.6 Å². The number of hydrogen-bond acceptors (Lipinski definition) is 3. The van der Waals surface area contributed by atoms with Crippen LogP contribution in [-0.4, -0.2) is 31.1 Å². The number of nitrogens with one attached hydrogen (secondary N) is 1. The van der Waals surface area contributed by atoms with Crippen LogP contribution >= 0.6 is 11.6 Å². The van der Waals surface area contributed by atoms with Crippen LogP contribution in [0.2, 0.25) is 5.02 Å². The van der Waals surface area contributed by atoms with Crippen LogP contribution in [0, 0.1) is 0 Å². The first kappa shape index (κ1) is 16.0. The van der Waals surface area contributed by atoms with Crippen LogP contribution in [0.15, 0.2) is 29.3 Å². The molecule has 0 heterocycles. The maximum atomic E-state index is 12.1. The molecule has 20 heavy (non-hydrogen) atoms. The van der Waals surface area contributed by atoms with Gasteiger partial charge in [-0.05, 0) is 26.0 Å². The van der Waals surface area contributed by atoms with Crippen LogP contribution in [0.3, 0.4) is 0 Å². The smallest absolute Gasteiger partial charge is 0.331 e. The normalized spacial score (nSPS) is 11.7. The van der Waals surface area contributed by atoms with Crippen molar-refractivity contribution in [1.29, 1.82) is 0 Å². The summed E-state index contributed by atoms with van der Waals surface area (Å²) >= 11 is 6.10. The van der Waals surface area contributed by atoms with E-state index in [1.807, 2.05) is 14.1 Å². The third-order valence-corrected chi connectivity index (χ3v) is 3.21. The number of hydrogen-bond donors (Lipinski definition) is 2. The van der Waals surface area contributed by atoms with E-state index in [0.717, 1.165) is 0 Å². The molecule has 0 saturated carbocycles. The number of aliphatic carboxylic acids is 1. The molecular formula is C14H17ClN2O3. The fraction of sp³-hybridized carbons (Fsp3) is 0.286. The highest BCUT2D eigenvalue weighted by molar-refractivity contribution is 6.34. The van der Waals surface area contributed by atoms with Crippen LogP contribution in [0.4, 0.5) is 11.4 Å². The number of carbonyl (C=O) groups is 2. The van der Waals surface area contributed by atoms with E-state index in [-0.39, 0.29) is 11.1 Å². The zero-order chi connectivity index (χ0) is 15.4. The predicted molar refractivity (Wildman–Crippen MR) is 80.4 cm³/mol. The molecule has 1 amide bonds. The Labute approximate surface area is 122 Å². The molecule has 5 nitrogen and oxygen atoms in total. The van der Waals surface area contributed by atoms with Gasteiger partial charge in [0, 0.05) is 25.2 Å². The molecule has 6 heteroatoms. The number of anilines is 2. The number of carboxylic acids is 1. The van der Waals surface area contributed by atoms with Crippen molar-refractivity contribution in [2.75, 3.05) is 24.3 Å². The van der Waals surface area contributed by atoms with Gasteiger partial charge < -0.3 is 15.3 Å². The van der Waals surface area contributed by atoms with Crippen LogP contribution < -0.4 is 10.2 Å². The summed E-state index contributed by atoms with van der Waals surface area (Å²) in [6.07, 6.45) is 0. The average molecular weight is 297 g/mol. The van der Waals surface area contributed by atoms with E-state index in [4.69, 9.17) is 16.7 Å². The lowest BCUT2D eigenvalue weighted by Gasteiger charge is -2.19. The van der Waals surface area contributed by atoms with Crippen molar-refractivity contribution in [1.82, 2.24) is 0 Å². The fourth-order valence-corrected chi connectivity index (χ4v) is 1.96. The minimum absolute atomic E-state index is 0.0101. The molecule has 0 aliphatic carbocycles. The highest BCUT2D eigenvalue weighted by Crippen LogP contribution is 2.32. The first-order valence-electron chi connectivity index (χ1n) is 5.93. The van der Waals surface area contributed by atoms with Gasteiger partial charge in [0.1, 0.15) is 0 Å². The number of carboxylic acid groups (broad SMARTS) is 1. The molecule has 108 valence electrons. The number of benzene rings is 1. The summed E-state index contributed by atoms with van der Waals surface area (Å²) in [6.45, 7) is 2.86. The number of nitrogens with zero attached hydrogens (tertiary/aromatic N) is 1. The molecule has 0 unspecified atom stereocenters. The summed E-state index contributed by atoms with van der Waals surface area (Å²) in [5.74, 6) is -1.58. The zero-order valence-electron chi connectivity index (χ0n) is 11.8. The maximum absolute atomic E-state index is 12.1. The minimum atomic E-state index is -1.11. The average Bonchev–Trinajstić information content (AvgIpc) is 2.36. The van der Waals surface area contributed by atoms with E-state index in [1.54, 1.807) is 23.1 Å². The van der Waals surface area contributed by atoms with Gasteiger partial charge in [-0.2, -0.15) is 0 Å². The fourth-order valence-electron chi connectivity index (χ4n) is 1.62. The van der Waals surface area contributed by atoms with Crippen LogP contribution in [-0.2, 0) is 9.59 Å². The maximum Gasteiger partial charge on any atom is 0.331 e. The van der Waals surface area contributed by atoms with Crippen molar-refractivity contribution >= 4 is 34.9 Å². The van der Waals surface area contributed by atoms with Gasteiger partial charge in [-0.1, -0.05) is 17.7 Å². The standard InChI is InChI=1S/C14H17ClN2O3/c1-8(9(2)14(19)20)13(18)16-11-7-5-6-10(15)12(11)17(3)4/h5-7H,1-4H3,(H,16,18)(H,19,20). The number of halogens is 1. The lowest BCUT2D eigenvalue weighted by molar-refractivity contribution is -0.133. The Morgan fingerprint density at radius 3 is 2.30 bits per heavy atom. The molecule has 0 aliphatic rings. The first-order chi connectivity index (χ1) is 9.25. The van der Waals surface area contributed by atoms with Gasteiger partial charge >= 0.3 is 5.97 Å². The highest BCUT2D eigenvalue weighted by Gasteiger charge is 2.16. The summed E-state index contributed by atoms with van der Waals surface area (Å²) in [5, 5.41) is 12.1. The van der Waals surface area contributed by atoms with E-state index < -0.39 is 11.9 Å². The van der Waals surface area contributed by atoms with Crippen LogP contribution in [0.1, 0.15) is 13.8 Å². The summed E-state index contributed by atoms with van der Waals surface area (Å²) < 4.78 is 0.